The maximum atomic E-state index is 3.76. The molecule has 0 saturated carbocycles. The molecule has 0 radical (unpaired) electrons. The predicted molar refractivity (Wildman–Crippen MR) is 80.3 cm³/mol. The number of rotatable bonds is 4. The van der Waals surface area contributed by atoms with E-state index in [1.807, 2.05) is 0 Å². The summed E-state index contributed by atoms with van der Waals surface area (Å²) in [6, 6.07) is 3.56. The lowest BCUT2D eigenvalue weighted by atomic mass is 9.93. The standard InChI is InChI=1S/C15H28N2S/c1-2-7-16-12-10-14-3-4-15(11-12)17(14)13-5-8-18-9-6-13/h12-16H,2-11H2,1H3. The molecule has 0 aromatic rings. The van der Waals surface area contributed by atoms with E-state index in [2.05, 4.69) is 28.9 Å². The molecule has 2 atom stereocenters. The summed E-state index contributed by atoms with van der Waals surface area (Å²) in [6.45, 7) is 3.49. The van der Waals surface area contributed by atoms with Crippen LogP contribution < -0.4 is 5.32 Å². The van der Waals surface area contributed by atoms with E-state index in [9.17, 15) is 0 Å². The first-order valence-electron chi connectivity index (χ1n) is 7.97. The Morgan fingerprint density at radius 2 is 1.67 bits per heavy atom. The van der Waals surface area contributed by atoms with Crippen molar-refractivity contribution in [2.75, 3.05) is 18.1 Å². The molecule has 0 spiro atoms. The van der Waals surface area contributed by atoms with Gasteiger partial charge >= 0.3 is 0 Å². The number of nitrogens with one attached hydrogen (secondary N) is 1. The third-order valence-corrected chi connectivity index (χ3v) is 6.13. The van der Waals surface area contributed by atoms with Crippen LogP contribution in [0.15, 0.2) is 0 Å². The van der Waals surface area contributed by atoms with E-state index in [1.54, 1.807) is 0 Å². The molecule has 3 aliphatic heterocycles. The zero-order valence-corrected chi connectivity index (χ0v) is 12.6. The second-order valence-corrected chi connectivity index (χ2v) is 7.52. The number of fused-ring (bicyclic) bond motifs is 2. The molecule has 3 fully saturated rings. The minimum Gasteiger partial charge on any atom is -0.314 e. The van der Waals surface area contributed by atoms with Gasteiger partial charge in [-0.2, -0.15) is 11.8 Å². The lowest BCUT2D eigenvalue weighted by molar-refractivity contribution is 0.0655. The average molecular weight is 268 g/mol. The summed E-state index contributed by atoms with van der Waals surface area (Å²) in [5.74, 6) is 2.80. The van der Waals surface area contributed by atoms with Gasteiger partial charge in [0.05, 0.1) is 0 Å². The van der Waals surface area contributed by atoms with Crippen LogP contribution in [0.3, 0.4) is 0 Å². The van der Waals surface area contributed by atoms with Gasteiger partial charge in [-0.3, -0.25) is 4.90 Å². The van der Waals surface area contributed by atoms with Gasteiger partial charge in [0.15, 0.2) is 0 Å². The van der Waals surface area contributed by atoms with Crippen LogP contribution >= 0.6 is 11.8 Å². The Kier molecular flexibility index (Phi) is 4.53. The van der Waals surface area contributed by atoms with Gasteiger partial charge in [-0.25, -0.2) is 0 Å². The van der Waals surface area contributed by atoms with E-state index < -0.39 is 0 Å². The molecule has 3 aliphatic rings. The molecular formula is C15H28N2S. The fraction of sp³-hybridized carbons (Fsp3) is 1.00. The van der Waals surface area contributed by atoms with Crippen molar-refractivity contribution in [3.63, 3.8) is 0 Å². The van der Waals surface area contributed by atoms with Gasteiger partial charge in [0, 0.05) is 24.2 Å². The van der Waals surface area contributed by atoms with E-state index in [0.717, 1.165) is 24.2 Å². The van der Waals surface area contributed by atoms with Crippen LogP contribution in [0.25, 0.3) is 0 Å². The summed E-state index contributed by atoms with van der Waals surface area (Å²) >= 11 is 2.16. The molecule has 3 heterocycles. The van der Waals surface area contributed by atoms with Crippen LogP contribution in [0.5, 0.6) is 0 Å². The molecule has 3 rings (SSSR count). The normalized spacial score (nSPS) is 38.2. The molecule has 2 nitrogen and oxygen atoms in total. The topological polar surface area (TPSA) is 15.3 Å². The molecule has 3 saturated heterocycles. The molecule has 18 heavy (non-hydrogen) atoms. The summed E-state index contributed by atoms with van der Waals surface area (Å²) < 4.78 is 0. The Morgan fingerprint density at radius 3 is 2.28 bits per heavy atom. The zero-order valence-electron chi connectivity index (χ0n) is 11.7. The largest absolute Gasteiger partial charge is 0.314 e. The van der Waals surface area contributed by atoms with Crippen molar-refractivity contribution in [3.8, 4) is 0 Å². The molecule has 0 aromatic carbocycles. The van der Waals surface area contributed by atoms with Crippen LogP contribution in [0.1, 0.15) is 51.9 Å². The summed E-state index contributed by atoms with van der Waals surface area (Å²) in [4.78, 5) is 2.95. The van der Waals surface area contributed by atoms with Gasteiger partial charge in [-0.1, -0.05) is 6.92 Å². The van der Waals surface area contributed by atoms with Crippen molar-refractivity contribution in [1.29, 1.82) is 0 Å². The quantitative estimate of drug-likeness (QED) is 0.844. The maximum absolute atomic E-state index is 3.76. The smallest absolute Gasteiger partial charge is 0.0117 e. The minimum atomic E-state index is 0.816. The van der Waals surface area contributed by atoms with Crippen molar-refractivity contribution in [1.82, 2.24) is 10.2 Å². The summed E-state index contributed by atoms with van der Waals surface area (Å²) in [5, 5.41) is 3.76. The fourth-order valence-electron chi connectivity index (χ4n) is 4.31. The predicted octanol–water partition coefficient (Wildman–Crippen LogP) is 2.88. The number of thioether (sulfide) groups is 1. The Balaban J connectivity index is 1.58. The Labute approximate surface area is 116 Å². The Bertz CT molecular complexity index is 251. The highest BCUT2D eigenvalue weighted by molar-refractivity contribution is 7.99. The van der Waals surface area contributed by atoms with Gasteiger partial charge in [0.2, 0.25) is 0 Å². The van der Waals surface area contributed by atoms with Crippen LogP contribution in [0.4, 0.5) is 0 Å². The van der Waals surface area contributed by atoms with Crippen LogP contribution in [0, 0.1) is 0 Å². The SMILES string of the molecule is CCCNC1CC2CCC(C1)N2C1CCSCC1. The first-order chi connectivity index (χ1) is 8.88. The van der Waals surface area contributed by atoms with Gasteiger partial charge in [-0.05, 0) is 63.0 Å². The molecular weight excluding hydrogens is 240 g/mol. The van der Waals surface area contributed by atoms with E-state index in [-0.39, 0.29) is 0 Å². The molecule has 3 heteroatoms. The highest BCUT2D eigenvalue weighted by Gasteiger charge is 2.43. The molecule has 0 amide bonds. The second-order valence-electron chi connectivity index (χ2n) is 6.30. The Hall–Kier alpha value is 0.270. The van der Waals surface area contributed by atoms with Crippen molar-refractivity contribution in [2.24, 2.45) is 0 Å². The number of nitrogens with zero attached hydrogens (tertiary/aromatic N) is 1. The maximum Gasteiger partial charge on any atom is 0.0117 e. The molecule has 2 unspecified atom stereocenters. The highest BCUT2D eigenvalue weighted by atomic mass is 32.2. The molecule has 104 valence electrons. The highest BCUT2D eigenvalue weighted by Crippen LogP contribution is 2.40. The van der Waals surface area contributed by atoms with Crippen molar-refractivity contribution in [2.45, 2.75) is 76.0 Å². The molecule has 2 bridgehead atoms. The van der Waals surface area contributed by atoms with Gasteiger partial charge in [-0.15, -0.1) is 0 Å². The lowest BCUT2D eigenvalue weighted by Crippen LogP contribution is -2.53. The lowest BCUT2D eigenvalue weighted by Gasteiger charge is -2.45. The number of piperidine rings is 1. The minimum absolute atomic E-state index is 0.816. The Morgan fingerprint density at radius 1 is 1.00 bits per heavy atom. The van der Waals surface area contributed by atoms with Gasteiger partial charge in [0.25, 0.3) is 0 Å². The van der Waals surface area contributed by atoms with Crippen LogP contribution in [-0.4, -0.2) is 47.1 Å². The first-order valence-corrected chi connectivity index (χ1v) is 9.12. The number of hydrogen-bond donors (Lipinski definition) is 1. The number of hydrogen-bond acceptors (Lipinski definition) is 3. The van der Waals surface area contributed by atoms with E-state index in [4.69, 9.17) is 0 Å². The monoisotopic (exact) mass is 268 g/mol. The van der Waals surface area contributed by atoms with Crippen molar-refractivity contribution in [3.05, 3.63) is 0 Å². The van der Waals surface area contributed by atoms with Gasteiger partial charge in [0.1, 0.15) is 0 Å². The van der Waals surface area contributed by atoms with E-state index >= 15 is 0 Å². The van der Waals surface area contributed by atoms with Crippen LogP contribution in [-0.2, 0) is 0 Å². The van der Waals surface area contributed by atoms with Gasteiger partial charge < -0.3 is 5.32 Å². The first kappa shape index (κ1) is 13.3. The van der Waals surface area contributed by atoms with Crippen LogP contribution in [0.2, 0.25) is 0 Å². The van der Waals surface area contributed by atoms with Crippen molar-refractivity contribution < 1.29 is 0 Å². The summed E-state index contributed by atoms with van der Waals surface area (Å²) in [5.41, 5.74) is 0. The summed E-state index contributed by atoms with van der Waals surface area (Å²) in [7, 11) is 0. The molecule has 1 N–H and O–H groups in total. The third-order valence-electron chi connectivity index (χ3n) is 5.09. The van der Waals surface area contributed by atoms with E-state index in [1.165, 1.54) is 63.0 Å². The fourth-order valence-corrected chi connectivity index (χ4v) is 5.39. The van der Waals surface area contributed by atoms with E-state index in [0.29, 0.717) is 0 Å². The summed E-state index contributed by atoms with van der Waals surface area (Å²) in [6.07, 6.45) is 9.95. The zero-order chi connectivity index (χ0) is 12.4. The molecule has 0 aliphatic carbocycles. The average Bonchev–Trinajstić information content (AvgIpc) is 2.69. The van der Waals surface area contributed by atoms with Crippen molar-refractivity contribution >= 4 is 11.8 Å². The third kappa shape index (κ3) is 2.73. The molecule has 0 aromatic heterocycles. The second kappa shape index (κ2) is 6.15.